The molecule has 0 saturated heterocycles. The van der Waals surface area contributed by atoms with E-state index in [0.717, 1.165) is 24.2 Å². The van der Waals surface area contributed by atoms with E-state index in [1.54, 1.807) is 18.2 Å². The number of nitrogens with one attached hydrogen (secondary N) is 1. The third kappa shape index (κ3) is 3.32. The summed E-state index contributed by atoms with van der Waals surface area (Å²) in [5, 5.41) is 12.0. The maximum absolute atomic E-state index is 12.6. The Morgan fingerprint density at radius 3 is 2.28 bits per heavy atom. The minimum absolute atomic E-state index is 0.0552. The monoisotopic (exact) mass is 379 g/mol. The molecule has 2 aromatic rings. The van der Waals surface area contributed by atoms with E-state index >= 15 is 0 Å². The van der Waals surface area contributed by atoms with Gasteiger partial charge in [0.2, 0.25) is 9.84 Å². The third-order valence-corrected chi connectivity index (χ3v) is 7.69. The summed E-state index contributed by atoms with van der Waals surface area (Å²) < 4.78 is 25.2. The Morgan fingerprint density at radius 2 is 1.68 bits per heavy atom. The molecule has 0 unspecified atom stereocenters. The molecular formula is C17H17NO5S2. The summed E-state index contributed by atoms with van der Waals surface area (Å²) in [4.78, 5) is 24.3. The standard InChI is InChI=1S/C17H17NO5S2/c19-15(18-17(16(20)21)10-4-5-11-17)13-8-9-14(24-13)25(22,23)12-6-2-1-3-7-12/h1-3,6-9H,4-5,10-11H2,(H,18,19)(H,20,21). The van der Waals surface area contributed by atoms with Gasteiger partial charge in [0.15, 0.2) is 0 Å². The molecule has 1 aromatic carbocycles. The summed E-state index contributed by atoms with van der Waals surface area (Å²) in [6, 6.07) is 10.8. The van der Waals surface area contributed by atoms with Crippen LogP contribution in [0, 0.1) is 0 Å². The van der Waals surface area contributed by atoms with Crippen LogP contribution >= 0.6 is 11.3 Å². The van der Waals surface area contributed by atoms with Crippen molar-refractivity contribution in [1.29, 1.82) is 0 Å². The van der Waals surface area contributed by atoms with Crippen molar-refractivity contribution in [2.24, 2.45) is 0 Å². The van der Waals surface area contributed by atoms with Crippen molar-refractivity contribution in [2.45, 2.75) is 40.3 Å². The second-order valence-corrected chi connectivity index (χ2v) is 9.24. The number of benzene rings is 1. The van der Waals surface area contributed by atoms with Gasteiger partial charge in [-0.15, -0.1) is 11.3 Å². The van der Waals surface area contributed by atoms with Gasteiger partial charge in [-0.1, -0.05) is 31.0 Å². The first kappa shape index (κ1) is 17.6. The molecule has 3 rings (SSSR count). The lowest BCUT2D eigenvalue weighted by molar-refractivity contribution is -0.144. The number of aliphatic carboxylic acids is 1. The van der Waals surface area contributed by atoms with Crippen LogP contribution in [-0.2, 0) is 14.6 Å². The Labute approximate surface area is 149 Å². The van der Waals surface area contributed by atoms with Crippen LogP contribution in [0.2, 0.25) is 0 Å². The third-order valence-electron chi connectivity index (χ3n) is 4.34. The lowest BCUT2D eigenvalue weighted by atomic mass is 9.98. The molecule has 0 radical (unpaired) electrons. The van der Waals surface area contributed by atoms with E-state index in [1.165, 1.54) is 24.3 Å². The van der Waals surface area contributed by atoms with E-state index in [2.05, 4.69) is 5.32 Å². The number of rotatable bonds is 5. The molecule has 1 aliphatic rings. The number of carboxylic acid groups (broad SMARTS) is 1. The first-order valence-corrected chi connectivity index (χ1v) is 10.1. The van der Waals surface area contributed by atoms with Crippen molar-refractivity contribution in [3.8, 4) is 0 Å². The van der Waals surface area contributed by atoms with Gasteiger partial charge < -0.3 is 10.4 Å². The second kappa shape index (κ2) is 6.61. The quantitative estimate of drug-likeness (QED) is 0.832. The highest BCUT2D eigenvalue weighted by Gasteiger charge is 2.43. The average molecular weight is 379 g/mol. The van der Waals surface area contributed by atoms with Crippen LogP contribution in [0.5, 0.6) is 0 Å². The topological polar surface area (TPSA) is 101 Å². The molecule has 1 aromatic heterocycles. The minimum Gasteiger partial charge on any atom is -0.480 e. The molecule has 1 heterocycles. The summed E-state index contributed by atoms with van der Waals surface area (Å²) in [6.45, 7) is 0. The SMILES string of the molecule is O=C(NC1(C(=O)O)CCCC1)c1ccc(S(=O)(=O)c2ccccc2)s1. The van der Waals surface area contributed by atoms with E-state index in [1.807, 2.05) is 0 Å². The van der Waals surface area contributed by atoms with Gasteiger partial charge in [-0.3, -0.25) is 4.79 Å². The van der Waals surface area contributed by atoms with Crippen molar-refractivity contribution in [3.63, 3.8) is 0 Å². The Bertz CT molecular complexity index is 896. The van der Waals surface area contributed by atoms with Gasteiger partial charge in [0.05, 0.1) is 9.77 Å². The number of amides is 1. The van der Waals surface area contributed by atoms with Crippen molar-refractivity contribution in [1.82, 2.24) is 5.32 Å². The van der Waals surface area contributed by atoms with Crippen molar-refractivity contribution in [2.75, 3.05) is 0 Å². The maximum atomic E-state index is 12.6. The fourth-order valence-electron chi connectivity index (χ4n) is 2.95. The Kier molecular flexibility index (Phi) is 4.66. The van der Waals surface area contributed by atoms with Crippen molar-refractivity contribution in [3.05, 3.63) is 47.3 Å². The van der Waals surface area contributed by atoms with Crippen LogP contribution in [0.25, 0.3) is 0 Å². The van der Waals surface area contributed by atoms with Gasteiger partial charge >= 0.3 is 5.97 Å². The van der Waals surface area contributed by atoms with Crippen LogP contribution in [0.1, 0.15) is 35.4 Å². The molecule has 2 N–H and O–H groups in total. The van der Waals surface area contributed by atoms with Crippen LogP contribution in [-0.4, -0.2) is 30.9 Å². The highest BCUT2D eigenvalue weighted by Crippen LogP contribution is 2.32. The molecule has 132 valence electrons. The second-order valence-electron chi connectivity index (χ2n) is 5.98. The zero-order valence-electron chi connectivity index (χ0n) is 13.3. The van der Waals surface area contributed by atoms with Gasteiger partial charge in [0, 0.05) is 0 Å². The van der Waals surface area contributed by atoms with Gasteiger partial charge in [0.1, 0.15) is 9.75 Å². The zero-order valence-corrected chi connectivity index (χ0v) is 14.9. The molecule has 0 atom stereocenters. The highest BCUT2D eigenvalue weighted by atomic mass is 32.2. The van der Waals surface area contributed by atoms with E-state index in [0.29, 0.717) is 12.8 Å². The predicted molar refractivity (Wildman–Crippen MR) is 92.5 cm³/mol. The molecule has 1 aliphatic carbocycles. The van der Waals surface area contributed by atoms with Crippen LogP contribution in [0.15, 0.2) is 51.6 Å². The van der Waals surface area contributed by atoms with Crippen LogP contribution in [0.4, 0.5) is 0 Å². The molecule has 0 spiro atoms. The van der Waals surface area contributed by atoms with Gasteiger partial charge in [0.25, 0.3) is 5.91 Å². The zero-order chi connectivity index (χ0) is 18.1. The van der Waals surface area contributed by atoms with E-state index in [-0.39, 0.29) is 14.0 Å². The summed E-state index contributed by atoms with van der Waals surface area (Å²) in [6.07, 6.45) is 2.25. The predicted octanol–water partition coefficient (Wildman–Crippen LogP) is 2.71. The van der Waals surface area contributed by atoms with Crippen molar-refractivity contribution < 1.29 is 23.1 Å². The minimum atomic E-state index is -3.69. The number of carbonyl (C=O) groups is 2. The fourth-order valence-corrected chi connectivity index (χ4v) is 5.58. The summed E-state index contributed by atoms with van der Waals surface area (Å²) in [5.74, 6) is -1.60. The van der Waals surface area contributed by atoms with Crippen LogP contribution < -0.4 is 5.32 Å². The Hall–Kier alpha value is -2.19. The summed E-state index contributed by atoms with van der Waals surface area (Å²) >= 11 is 0.844. The number of sulfone groups is 1. The van der Waals surface area contributed by atoms with E-state index in [4.69, 9.17) is 0 Å². The Balaban J connectivity index is 1.84. The van der Waals surface area contributed by atoms with Gasteiger partial charge in [-0.25, -0.2) is 13.2 Å². The molecule has 25 heavy (non-hydrogen) atoms. The molecule has 1 amide bonds. The smallest absolute Gasteiger partial charge is 0.329 e. The maximum Gasteiger partial charge on any atom is 0.329 e. The lowest BCUT2D eigenvalue weighted by Gasteiger charge is -2.24. The number of carboxylic acids is 1. The van der Waals surface area contributed by atoms with E-state index in [9.17, 15) is 23.1 Å². The van der Waals surface area contributed by atoms with E-state index < -0.39 is 27.3 Å². The number of thiophene rings is 1. The Morgan fingerprint density at radius 1 is 1.04 bits per heavy atom. The molecule has 1 fully saturated rings. The fraction of sp³-hybridized carbons (Fsp3) is 0.294. The summed E-state index contributed by atoms with van der Waals surface area (Å²) in [5.41, 5.74) is -1.25. The molecule has 0 bridgehead atoms. The van der Waals surface area contributed by atoms with Gasteiger partial charge in [-0.2, -0.15) is 0 Å². The molecular weight excluding hydrogens is 362 g/mol. The number of carbonyl (C=O) groups excluding carboxylic acids is 1. The number of hydrogen-bond acceptors (Lipinski definition) is 5. The normalized spacial score (nSPS) is 16.5. The van der Waals surface area contributed by atoms with Crippen molar-refractivity contribution >= 4 is 33.1 Å². The lowest BCUT2D eigenvalue weighted by Crippen LogP contribution is -2.52. The first-order chi connectivity index (χ1) is 11.8. The number of hydrogen-bond donors (Lipinski definition) is 2. The molecule has 0 aliphatic heterocycles. The highest BCUT2D eigenvalue weighted by molar-refractivity contribution is 7.93. The average Bonchev–Trinajstić information content (AvgIpc) is 3.26. The summed E-state index contributed by atoms with van der Waals surface area (Å²) in [7, 11) is -3.69. The first-order valence-electron chi connectivity index (χ1n) is 7.81. The largest absolute Gasteiger partial charge is 0.480 e. The van der Waals surface area contributed by atoms with Gasteiger partial charge in [-0.05, 0) is 37.1 Å². The molecule has 8 heteroatoms. The molecule has 6 nitrogen and oxygen atoms in total. The molecule has 1 saturated carbocycles. The van der Waals surface area contributed by atoms with Crippen LogP contribution in [0.3, 0.4) is 0 Å².